The van der Waals surface area contributed by atoms with E-state index in [1.54, 1.807) is 0 Å². The summed E-state index contributed by atoms with van der Waals surface area (Å²) < 4.78 is 1.26. The third-order valence-electron chi connectivity index (χ3n) is 1.47. The van der Waals surface area contributed by atoms with Gasteiger partial charge >= 0.3 is 77.1 Å². The van der Waals surface area contributed by atoms with Crippen LogP contribution in [-0.2, 0) is 6.42 Å². The molecule has 0 saturated heterocycles. The molecule has 1 nitrogen and oxygen atoms in total. The minimum absolute atomic E-state index is 0.0752. The molecule has 11 heavy (non-hydrogen) atoms. The zero-order chi connectivity index (χ0) is 8.10. The van der Waals surface area contributed by atoms with Gasteiger partial charge in [-0.3, -0.25) is 0 Å². The van der Waals surface area contributed by atoms with Gasteiger partial charge in [0.25, 0.3) is 0 Å². The van der Waals surface area contributed by atoms with Crippen LogP contribution in [0.15, 0.2) is 24.3 Å². The molecular weight excluding hydrogens is 225 g/mol. The van der Waals surface area contributed by atoms with Crippen LogP contribution < -0.4 is 10.2 Å². The van der Waals surface area contributed by atoms with E-state index in [1.165, 1.54) is 10.0 Å². The average molecular weight is 235 g/mol. The Kier molecular flexibility index (Phi) is 3.95. The maximum atomic E-state index is 5.79. The first kappa shape index (κ1) is 9.08. The van der Waals surface area contributed by atoms with Crippen LogP contribution in [0.25, 0.3) is 0 Å². The standard InChI is InChI=1S/C8H10ClNSe/c9-11-8-4-2-1-3-7(8)5-6-10/h1-4H,5-6,10H2. The summed E-state index contributed by atoms with van der Waals surface area (Å²) in [5, 5.41) is 0. The molecule has 3 heteroatoms. The van der Waals surface area contributed by atoms with E-state index in [9.17, 15) is 0 Å². The van der Waals surface area contributed by atoms with Crippen LogP contribution in [0, 0.1) is 0 Å². The second kappa shape index (κ2) is 4.78. The van der Waals surface area contributed by atoms with Gasteiger partial charge in [0, 0.05) is 0 Å². The van der Waals surface area contributed by atoms with E-state index in [2.05, 4.69) is 12.1 Å². The van der Waals surface area contributed by atoms with Crippen molar-refractivity contribution in [3.8, 4) is 0 Å². The molecule has 0 unspecified atom stereocenters. The molecule has 0 fully saturated rings. The van der Waals surface area contributed by atoms with Gasteiger partial charge in [0.2, 0.25) is 0 Å². The van der Waals surface area contributed by atoms with Gasteiger partial charge in [0.05, 0.1) is 0 Å². The predicted octanol–water partition coefficient (Wildman–Crippen LogP) is 0.671. The molecule has 0 aliphatic carbocycles. The molecule has 0 saturated carbocycles. The van der Waals surface area contributed by atoms with Crippen LogP contribution in [0.3, 0.4) is 0 Å². The molecule has 1 aromatic carbocycles. The van der Waals surface area contributed by atoms with Crippen LogP contribution in [0.4, 0.5) is 0 Å². The normalized spacial score (nSPS) is 10.0. The molecule has 0 bridgehead atoms. The Labute approximate surface area is 77.3 Å². The second-order valence-corrected chi connectivity index (χ2v) is 4.27. The van der Waals surface area contributed by atoms with Gasteiger partial charge in [-0.2, -0.15) is 0 Å². The monoisotopic (exact) mass is 235 g/mol. The minimum atomic E-state index is 0.0752. The van der Waals surface area contributed by atoms with E-state index in [-0.39, 0.29) is 14.0 Å². The Hall–Kier alpha value is -0.0105. The van der Waals surface area contributed by atoms with E-state index in [1.807, 2.05) is 12.1 Å². The summed E-state index contributed by atoms with van der Waals surface area (Å²) in [6.07, 6.45) is 0.935. The Morgan fingerprint density at radius 2 is 2.09 bits per heavy atom. The van der Waals surface area contributed by atoms with Crippen molar-refractivity contribution in [1.29, 1.82) is 0 Å². The quantitative estimate of drug-likeness (QED) is 0.765. The van der Waals surface area contributed by atoms with Gasteiger partial charge in [-0.05, 0) is 0 Å². The molecule has 60 valence electrons. The molecule has 0 spiro atoms. The molecule has 0 heterocycles. The first-order chi connectivity index (χ1) is 5.38. The molecule has 0 aromatic heterocycles. The van der Waals surface area contributed by atoms with Crippen molar-refractivity contribution in [1.82, 2.24) is 0 Å². The van der Waals surface area contributed by atoms with Crippen molar-refractivity contribution in [2.24, 2.45) is 5.73 Å². The Morgan fingerprint density at radius 1 is 1.36 bits per heavy atom. The Morgan fingerprint density at radius 3 is 2.73 bits per heavy atom. The van der Waals surface area contributed by atoms with Crippen LogP contribution in [0.2, 0.25) is 0 Å². The van der Waals surface area contributed by atoms with E-state index in [4.69, 9.17) is 15.8 Å². The van der Waals surface area contributed by atoms with E-state index in [0.717, 1.165) is 6.42 Å². The summed E-state index contributed by atoms with van der Waals surface area (Å²) in [4.78, 5) is 0. The zero-order valence-corrected chi connectivity index (χ0v) is 8.56. The first-order valence-electron chi connectivity index (χ1n) is 3.45. The number of hydrogen-bond acceptors (Lipinski definition) is 1. The molecule has 0 amide bonds. The maximum absolute atomic E-state index is 5.79. The summed E-state index contributed by atoms with van der Waals surface area (Å²) in [5.41, 5.74) is 6.74. The molecule has 0 atom stereocenters. The van der Waals surface area contributed by atoms with Gasteiger partial charge < -0.3 is 0 Å². The number of nitrogens with two attached hydrogens (primary N) is 1. The van der Waals surface area contributed by atoms with Crippen LogP contribution >= 0.6 is 10.1 Å². The first-order valence-corrected chi connectivity index (χ1v) is 6.56. The van der Waals surface area contributed by atoms with Gasteiger partial charge in [-0.1, -0.05) is 0 Å². The summed E-state index contributed by atoms with van der Waals surface area (Å²) >= 11 is 0.0752. The van der Waals surface area contributed by atoms with Gasteiger partial charge in [0.1, 0.15) is 0 Å². The molecule has 0 aliphatic heterocycles. The molecule has 0 radical (unpaired) electrons. The molecular formula is C8H10ClNSe. The van der Waals surface area contributed by atoms with E-state index < -0.39 is 0 Å². The fourth-order valence-corrected chi connectivity index (χ4v) is 2.56. The fourth-order valence-electron chi connectivity index (χ4n) is 0.941. The molecule has 2 N–H and O–H groups in total. The third kappa shape index (κ3) is 2.49. The molecule has 1 aromatic rings. The molecule has 0 aliphatic rings. The number of rotatable bonds is 3. The summed E-state index contributed by atoms with van der Waals surface area (Å²) in [6, 6.07) is 8.20. The van der Waals surface area contributed by atoms with Gasteiger partial charge in [-0.15, -0.1) is 0 Å². The second-order valence-electron chi connectivity index (χ2n) is 2.22. The van der Waals surface area contributed by atoms with Crippen molar-refractivity contribution in [2.75, 3.05) is 6.54 Å². The van der Waals surface area contributed by atoms with Crippen molar-refractivity contribution in [2.45, 2.75) is 6.42 Å². The number of hydrogen-bond donors (Lipinski definition) is 1. The third-order valence-corrected chi connectivity index (χ3v) is 3.52. The summed E-state index contributed by atoms with van der Waals surface area (Å²) in [6.45, 7) is 0.698. The van der Waals surface area contributed by atoms with E-state index >= 15 is 0 Å². The Balaban J connectivity index is 2.83. The molecule has 1 rings (SSSR count). The van der Waals surface area contributed by atoms with Crippen LogP contribution in [-0.4, -0.2) is 20.6 Å². The summed E-state index contributed by atoms with van der Waals surface area (Å²) in [7, 11) is 5.79. The van der Waals surface area contributed by atoms with E-state index in [0.29, 0.717) is 6.54 Å². The van der Waals surface area contributed by atoms with Crippen molar-refractivity contribution >= 4 is 28.6 Å². The summed E-state index contributed by atoms with van der Waals surface area (Å²) in [5.74, 6) is 0. The number of benzene rings is 1. The van der Waals surface area contributed by atoms with Crippen molar-refractivity contribution in [3.05, 3.63) is 29.8 Å². The topological polar surface area (TPSA) is 26.0 Å². The average Bonchev–Trinajstić information content (AvgIpc) is 2.06. The SMILES string of the molecule is NCCc1ccccc1[Se]Cl. The Bertz CT molecular complexity index is 227. The van der Waals surface area contributed by atoms with Crippen molar-refractivity contribution < 1.29 is 0 Å². The van der Waals surface area contributed by atoms with Crippen LogP contribution in [0.1, 0.15) is 5.56 Å². The zero-order valence-electron chi connectivity index (χ0n) is 6.09. The van der Waals surface area contributed by atoms with Gasteiger partial charge in [0.15, 0.2) is 0 Å². The predicted molar refractivity (Wildman–Crippen MR) is 50.4 cm³/mol. The van der Waals surface area contributed by atoms with Gasteiger partial charge in [-0.25, -0.2) is 0 Å². The number of halogens is 1. The van der Waals surface area contributed by atoms with Crippen molar-refractivity contribution in [3.63, 3.8) is 0 Å². The van der Waals surface area contributed by atoms with Crippen LogP contribution in [0.5, 0.6) is 0 Å². The fraction of sp³-hybridized carbons (Fsp3) is 0.250.